The zero-order chi connectivity index (χ0) is 14.9. The molecule has 1 aromatic carbocycles. The normalized spacial score (nSPS) is 14.8. The predicted molar refractivity (Wildman–Crippen MR) is 69.5 cm³/mol. The minimum Gasteiger partial charge on any atom is -0.481 e. The van der Waals surface area contributed by atoms with E-state index in [1.807, 2.05) is 0 Å². The number of carbonyl (C=O) groups excluding carboxylic acids is 1. The summed E-state index contributed by atoms with van der Waals surface area (Å²) in [5, 5.41) is 19.4. The molecule has 1 aliphatic heterocycles. The van der Waals surface area contributed by atoms with E-state index in [9.17, 15) is 19.7 Å². The van der Waals surface area contributed by atoms with Crippen LogP contribution in [-0.2, 0) is 4.79 Å². The van der Waals surface area contributed by atoms with Crippen molar-refractivity contribution in [1.82, 2.24) is 4.90 Å². The van der Waals surface area contributed by atoms with Crippen molar-refractivity contribution in [3.05, 3.63) is 39.4 Å². The van der Waals surface area contributed by atoms with Crippen LogP contribution in [0.25, 0.3) is 0 Å². The second-order valence-corrected chi connectivity index (χ2v) is 4.93. The number of likely N-dealkylation sites (tertiary alicyclic amines) is 1. The summed E-state index contributed by atoms with van der Waals surface area (Å²) >= 11 is 0. The average Bonchev–Trinajstić information content (AvgIpc) is 2.32. The summed E-state index contributed by atoms with van der Waals surface area (Å²) in [6.07, 6.45) is 0.0394. The lowest BCUT2D eigenvalue weighted by molar-refractivity contribution is -0.384. The Bertz CT molecular complexity index is 578. The third-order valence-corrected chi connectivity index (χ3v) is 3.37. The number of carboxylic acid groups (broad SMARTS) is 1. The lowest BCUT2D eigenvalue weighted by Gasteiger charge is -2.38. The third kappa shape index (κ3) is 2.76. The van der Waals surface area contributed by atoms with Crippen LogP contribution in [0.3, 0.4) is 0 Å². The molecule has 1 aliphatic rings. The Hall–Kier alpha value is -2.44. The molecule has 1 N–H and O–H groups in total. The molecule has 7 heteroatoms. The standard InChI is InChI=1S/C13H14N2O5/c1-8-2-3-10(15(19)20)5-11(8)13(18)14-6-9(7-14)4-12(16)17/h2-3,5,9H,4,6-7H2,1H3,(H,16,17). The van der Waals surface area contributed by atoms with Gasteiger partial charge in [-0.2, -0.15) is 0 Å². The number of benzene rings is 1. The maximum absolute atomic E-state index is 12.2. The van der Waals surface area contributed by atoms with E-state index in [2.05, 4.69) is 0 Å². The minimum absolute atomic E-state index is 0.0320. The minimum atomic E-state index is -0.881. The maximum Gasteiger partial charge on any atom is 0.303 e. The van der Waals surface area contributed by atoms with Gasteiger partial charge in [0.2, 0.25) is 0 Å². The smallest absolute Gasteiger partial charge is 0.303 e. The number of rotatable bonds is 4. The van der Waals surface area contributed by atoms with Crippen LogP contribution in [0.4, 0.5) is 5.69 Å². The van der Waals surface area contributed by atoms with Crippen molar-refractivity contribution in [2.45, 2.75) is 13.3 Å². The first kappa shape index (κ1) is 14.0. The summed E-state index contributed by atoms with van der Waals surface area (Å²) in [5.41, 5.74) is 0.844. The number of aryl methyl sites for hydroxylation is 1. The van der Waals surface area contributed by atoms with Gasteiger partial charge in [0.05, 0.1) is 11.3 Å². The van der Waals surface area contributed by atoms with Crippen molar-refractivity contribution >= 4 is 17.6 Å². The number of aliphatic carboxylic acids is 1. The van der Waals surface area contributed by atoms with Crippen LogP contribution >= 0.6 is 0 Å². The van der Waals surface area contributed by atoms with Crippen LogP contribution in [-0.4, -0.2) is 39.9 Å². The number of hydrogen-bond donors (Lipinski definition) is 1. The van der Waals surface area contributed by atoms with E-state index in [1.54, 1.807) is 13.0 Å². The molecule has 0 saturated carbocycles. The Labute approximate surface area is 115 Å². The molecule has 0 atom stereocenters. The monoisotopic (exact) mass is 278 g/mol. The van der Waals surface area contributed by atoms with Gasteiger partial charge in [-0.15, -0.1) is 0 Å². The Morgan fingerprint density at radius 2 is 2.10 bits per heavy atom. The number of hydrogen-bond acceptors (Lipinski definition) is 4. The summed E-state index contributed by atoms with van der Waals surface area (Å²) in [6, 6.07) is 4.16. The summed E-state index contributed by atoms with van der Waals surface area (Å²) in [6.45, 7) is 2.48. The zero-order valence-corrected chi connectivity index (χ0v) is 10.9. The Morgan fingerprint density at radius 1 is 1.45 bits per heavy atom. The molecule has 1 amide bonds. The van der Waals surface area contributed by atoms with Gasteiger partial charge in [-0.25, -0.2) is 0 Å². The van der Waals surface area contributed by atoms with Gasteiger partial charge < -0.3 is 10.0 Å². The fourth-order valence-electron chi connectivity index (χ4n) is 2.24. The lowest BCUT2D eigenvalue weighted by atomic mass is 9.94. The van der Waals surface area contributed by atoms with Crippen molar-refractivity contribution in [1.29, 1.82) is 0 Å². The van der Waals surface area contributed by atoms with Gasteiger partial charge in [-0.3, -0.25) is 19.7 Å². The largest absolute Gasteiger partial charge is 0.481 e. The molecular formula is C13H14N2O5. The highest BCUT2D eigenvalue weighted by Crippen LogP contribution is 2.24. The molecule has 0 aliphatic carbocycles. The van der Waals surface area contributed by atoms with Crippen LogP contribution in [0.1, 0.15) is 22.3 Å². The van der Waals surface area contributed by atoms with E-state index < -0.39 is 10.9 Å². The summed E-state index contributed by atoms with van der Waals surface area (Å²) in [4.78, 5) is 34.5. The third-order valence-electron chi connectivity index (χ3n) is 3.37. The van der Waals surface area contributed by atoms with E-state index in [1.165, 1.54) is 17.0 Å². The Kier molecular flexibility index (Phi) is 3.69. The van der Waals surface area contributed by atoms with Gasteiger partial charge in [-0.05, 0) is 12.5 Å². The number of nitrogens with zero attached hydrogens (tertiary/aromatic N) is 2. The molecule has 20 heavy (non-hydrogen) atoms. The first-order chi connectivity index (χ1) is 9.38. The van der Waals surface area contributed by atoms with E-state index in [0.29, 0.717) is 24.2 Å². The van der Waals surface area contributed by atoms with Gasteiger partial charge in [0.1, 0.15) is 0 Å². The van der Waals surface area contributed by atoms with E-state index in [4.69, 9.17) is 5.11 Å². The maximum atomic E-state index is 12.2. The van der Waals surface area contributed by atoms with E-state index in [0.717, 1.165) is 0 Å². The van der Waals surface area contributed by atoms with E-state index in [-0.39, 0.29) is 23.9 Å². The van der Waals surface area contributed by atoms with Crippen LogP contribution < -0.4 is 0 Å². The SMILES string of the molecule is Cc1ccc([N+](=O)[O-])cc1C(=O)N1CC(CC(=O)O)C1. The fraction of sp³-hybridized carbons (Fsp3) is 0.385. The Morgan fingerprint density at radius 3 is 2.65 bits per heavy atom. The molecule has 1 aromatic rings. The number of amides is 1. The molecule has 7 nitrogen and oxygen atoms in total. The number of nitro groups is 1. The van der Waals surface area contributed by atoms with Gasteiger partial charge >= 0.3 is 5.97 Å². The topological polar surface area (TPSA) is 101 Å². The quantitative estimate of drug-likeness (QED) is 0.663. The highest BCUT2D eigenvalue weighted by atomic mass is 16.6. The van der Waals surface area contributed by atoms with Crippen LogP contribution in [0.5, 0.6) is 0 Å². The molecule has 0 bridgehead atoms. The Balaban J connectivity index is 2.09. The first-order valence-corrected chi connectivity index (χ1v) is 6.14. The van der Waals surface area contributed by atoms with Crippen molar-refractivity contribution in [2.75, 3.05) is 13.1 Å². The second-order valence-electron chi connectivity index (χ2n) is 4.93. The molecule has 0 unspecified atom stereocenters. The molecule has 2 rings (SSSR count). The van der Waals surface area contributed by atoms with Crippen LogP contribution in [0, 0.1) is 23.0 Å². The van der Waals surface area contributed by atoms with Gasteiger partial charge in [-0.1, -0.05) is 6.07 Å². The van der Waals surface area contributed by atoms with Gasteiger partial charge in [0.25, 0.3) is 11.6 Å². The molecular weight excluding hydrogens is 264 g/mol. The number of carboxylic acids is 1. The number of nitro benzene ring substituents is 1. The molecule has 0 aromatic heterocycles. The number of non-ortho nitro benzene ring substituents is 1. The molecule has 0 radical (unpaired) electrons. The average molecular weight is 278 g/mol. The summed E-state index contributed by atoms with van der Waals surface area (Å²) in [5.74, 6) is -1.20. The first-order valence-electron chi connectivity index (χ1n) is 6.14. The molecule has 1 heterocycles. The van der Waals surface area contributed by atoms with Crippen molar-refractivity contribution in [2.24, 2.45) is 5.92 Å². The lowest BCUT2D eigenvalue weighted by Crippen LogP contribution is -2.50. The molecule has 1 fully saturated rings. The van der Waals surface area contributed by atoms with Crippen LogP contribution in [0.2, 0.25) is 0 Å². The number of carbonyl (C=O) groups is 2. The molecule has 1 saturated heterocycles. The summed E-state index contributed by atoms with van der Waals surface area (Å²) in [7, 11) is 0. The van der Waals surface area contributed by atoms with Crippen molar-refractivity contribution in [3.8, 4) is 0 Å². The molecule has 106 valence electrons. The fourth-order valence-corrected chi connectivity index (χ4v) is 2.24. The highest BCUT2D eigenvalue weighted by Gasteiger charge is 2.33. The van der Waals surface area contributed by atoms with Crippen molar-refractivity contribution in [3.63, 3.8) is 0 Å². The van der Waals surface area contributed by atoms with Gasteiger partial charge in [0, 0.05) is 36.7 Å². The summed E-state index contributed by atoms with van der Waals surface area (Å²) < 4.78 is 0. The highest BCUT2D eigenvalue weighted by molar-refractivity contribution is 5.96. The molecule has 0 spiro atoms. The van der Waals surface area contributed by atoms with Gasteiger partial charge in [0.15, 0.2) is 0 Å². The van der Waals surface area contributed by atoms with Crippen LogP contribution in [0.15, 0.2) is 18.2 Å². The van der Waals surface area contributed by atoms with Crippen molar-refractivity contribution < 1.29 is 19.6 Å². The van der Waals surface area contributed by atoms with E-state index >= 15 is 0 Å². The zero-order valence-electron chi connectivity index (χ0n) is 10.9. The second kappa shape index (κ2) is 5.28. The predicted octanol–water partition coefficient (Wildman–Crippen LogP) is 1.45.